The molecule has 0 rings (SSSR count). The molecule has 0 saturated heterocycles. The van der Waals surface area contributed by atoms with Crippen LogP contribution in [0.15, 0.2) is 0 Å². The molecule has 0 aliphatic rings. The summed E-state index contributed by atoms with van der Waals surface area (Å²) in [5, 5.41) is 17.8. The number of rotatable bonds is 3. The summed E-state index contributed by atoms with van der Waals surface area (Å²) in [6, 6.07) is 0. The van der Waals surface area contributed by atoms with Crippen molar-refractivity contribution >= 4 is 11.9 Å². The van der Waals surface area contributed by atoms with Gasteiger partial charge in [0.25, 0.3) is 0 Å². The monoisotopic (exact) mass is 297 g/mol. The van der Waals surface area contributed by atoms with Gasteiger partial charge in [-0.2, -0.15) is 0 Å². The van der Waals surface area contributed by atoms with Crippen molar-refractivity contribution in [2.75, 3.05) is 41.3 Å². The van der Waals surface area contributed by atoms with E-state index in [9.17, 15) is 0 Å². The molecular weight excluding hydrogens is 276 g/mol. The normalized spacial score (nSPS) is 8.24. The Hall–Kier alpha value is -0.621. The quantitative estimate of drug-likeness (QED) is 0.541. The molecule has 0 unspecified atom stereocenters. The van der Waals surface area contributed by atoms with Gasteiger partial charge in [0, 0.05) is 25.0 Å². The molecule has 17 heavy (non-hydrogen) atoms. The van der Waals surface area contributed by atoms with Gasteiger partial charge in [-0.05, 0) is 42.0 Å². The van der Waals surface area contributed by atoms with E-state index in [0.29, 0.717) is 0 Å². The van der Waals surface area contributed by atoms with Gasteiger partial charge in [-0.3, -0.25) is 0 Å². The number of nitrogens with zero attached hydrogens (tertiary/aromatic N) is 2. The van der Waals surface area contributed by atoms with Crippen LogP contribution in [-0.4, -0.2) is 63.0 Å². The van der Waals surface area contributed by atoms with Gasteiger partial charge in [-0.25, -0.2) is 0 Å². The van der Waals surface area contributed by atoms with Crippen molar-refractivity contribution in [2.45, 2.75) is 13.8 Å². The minimum atomic E-state index is -1.08. The molecule has 0 saturated carbocycles. The number of hydrogen-bond acceptors (Lipinski definition) is 6. The van der Waals surface area contributed by atoms with Gasteiger partial charge >= 0.3 is 17.1 Å². The molecule has 1 radical (unpaired) electrons. The van der Waals surface area contributed by atoms with Crippen molar-refractivity contribution in [1.29, 1.82) is 0 Å². The molecule has 0 heterocycles. The summed E-state index contributed by atoms with van der Waals surface area (Å²) in [5.74, 6) is -2.17. The summed E-state index contributed by atoms with van der Waals surface area (Å²) < 4.78 is 0. The van der Waals surface area contributed by atoms with Crippen LogP contribution in [0.4, 0.5) is 0 Å². The van der Waals surface area contributed by atoms with Crippen LogP contribution in [0.5, 0.6) is 0 Å². The third kappa shape index (κ3) is 144. The first-order valence-corrected chi connectivity index (χ1v) is 4.74. The molecule has 0 fully saturated rings. The number of carbonyl (C=O) groups is 2. The summed E-state index contributed by atoms with van der Waals surface area (Å²) in [4.78, 5) is 22.1. The zero-order chi connectivity index (χ0) is 13.7. The first-order chi connectivity index (χ1) is 7.09. The standard InChI is InChI=1S/C6H16N2.2C2H4O2.Cu/c1-7(2)5-6-8(3)4;2*1-2(3)4;/h5-6H2,1-4H3;2*1H3,(H,3,4);/q;;;+2/p-2. The molecule has 0 aromatic carbocycles. The van der Waals surface area contributed by atoms with Crippen LogP contribution in [0.25, 0.3) is 0 Å². The summed E-state index contributed by atoms with van der Waals surface area (Å²) in [6.45, 7) is 4.24. The van der Waals surface area contributed by atoms with Gasteiger partial charge in [-0.1, -0.05) is 0 Å². The first kappa shape index (κ1) is 25.3. The molecule has 7 heteroatoms. The van der Waals surface area contributed by atoms with Crippen molar-refractivity contribution in [3.63, 3.8) is 0 Å². The molecule has 107 valence electrons. The van der Waals surface area contributed by atoms with Gasteiger partial charge in [0.15, 0.2) is 0 Å². The average Bonchev–Trinajstić information content (AvgIpc) is 1.98. The minimum Gasteiger partial charge on any atom is -0.550 e. The first-order valence-electron chi connectivity index (χ1n) is 4.74. The molecule has 0 atom stereocenters. The molecule has 0 amide bonds. The SMILES string of the molecule is CC(=O)[O-].CC(=O)[O-].CN(C)CCN(C)C.[Cu+2]. The fourth-order valence-electron chi connectivity index (χ4n) is 0.400. The maximum absolute atomic E-state index is 8.89. The Balaban J connectivity index is -0.0000000806. The van der Waals surface area contributed by atoms with E-state index in [1.165, 1.54) is 0 Å². The Morgan fingerprint density at radius 3 is 1.00 bits per heavy atom. The summed E-state index contributed by atoms with van der Waals surface area (Å²) in [6.07, 6.45) is 0. The van der Waals surface area contributed by atoms with Crippen LogP contribution in [0, 0.1) is 0 Å². The third-order valence-electron chi connectivity index (χ3n) is 0.994. The maximum Gasteiger partial charge on any atom is 2.00 e. The van der Waals surface area contributed by atoms with Gasteiger partial charge in [-0.15, -0.1) is 0 Å². The van der Waals surface area contributed by atoms with E-state index in [0.717, 1.165) is 26.9 Å². The summed E-state index contributed by atoms with van der Waals surface area (Å²) in [7, 11) is 8.35. The second-order valence-electron chi connectivity index (χ2n) is 3.59. The van der Waals surface area contributed by atoms with E-state index in [-0.39, 0.29) is 17.1 Å². The smallest absolute Gasteiger partial charge is 0.550 e. The minimum absolute atomic E-state index is 0. The molecule has 0 spiro atoms. The number of carboxylic acid groups (broad SMARTS) is 2. The fraction of sp³-hybridized carbons (Fsp3) is 0.800. The van der Waals surface area contributed by atoms with Crippen molar-refractivity contribution in [3.8, 4) is 0 Å². The van der Waals surface area contributed by atoms with Crippen LogP contribution >= 0.6 is 0 Å². The van der Waals surface area contributed by atoms with Crippen LogP contribution in [0.1, 0.15) is 13.8 Å². The summed E-state index contributed by atoms with van der Waals surface area (Å²) >= 11 is 0. The van der Waals surface area contributed by atoms with Crippen LogP contribution < -0.4 is 10.2 Å². The van der Waals surface area contributed by atoms with Crippen molar-refractivity contribution < 1.29 is 36.9 Å². The molecule has 0 aliphatic carbocycles. The van der Waals surface area contributed by atoms with Crippen molar-refractivity contribution in [1.82, 2.24) is 9.80 Å². The number of carbonyl (C=O) groups excluding carboxylic acids is 2. The third-order valence-corrected chi connectivity index (χ3v) is 0.994. The molecule has 6 nitrogen and oxygen atoms in total. The van der Waals surface area contributed by atoms with Crippen molar-refractivity contribution in [2.24, 2.45) is 0 Å². The summed E-state index contributed by atoms with van der Waals surface area (Å²) in [5.41, 5.74) is 0. The van der Waals surface area contributed by atoms with Gasteiger partial charge in [0.05, 0.1) is 0 Å². The Labute approximate surface area is 114 Å². The van der Waals surface area contributed by atoms with E-state index in [4.69, 9.17) is 19.8 Å². The Morgan fingerprint density at radius 1 is 0.824 bits per heavy atom. The Kier molecular flexibility index (Phi) is 26.4. The number of likely N-dealkylation sites (N-methyl/N-ethyl adjacent to an activating group) is 2. The topological polar surface area (TPSA) is 86.7 Å². The van der Waals surface area contributed by atoms with Gasteiger partial charge in [0.2, 0.25) is 0 Å². The number of hydrogen-bond donors (Lipinski definition) is 0. The Bertz CT molecular complexity index is 159. The largest absolute Gasteiger partial charge is 2.00 e. The maximum atomic E-state index is 8.89. The molecule has 0 bridgehead atoms. The number of carboxylic acids is 2. The van der Waals surface area contributed by atoms with E-state index < -0.39 is 11.9 Å². The van der Waals surface area contributed by atoms with E-state index in [1.807, 2.05) is 0 Å². The van der Waals surface area contributed by atoms with E-state index in [2.05, 4.69) is 38.0 Å². The van der Waals surface area contributed by atoms with Gasteiger partial charge in [0.1, 0.15) is 0 Å². The second-order valence-corrected chi connectivity index (χ2v) is 3.59. The predicted molar refractivity (Wildman–Crippen MR) is 58.5 cm³/mol. The van der Waals surface area contributed by atoms with Crippen LogP contribution in [0.2, 0.25) is 0 Å². The molecule has 0 aromatic heterocycles. The second kappa shape index (κ2) is 17.8. The fourth-order valence-corrected chi connectivity index (χ4v) is 0.400. The average molecular weight is 298 g/mol. The Morgan fingerprint density at radius 2 is 0.941 bits per heavy atom. The van der Waals surface area contributed by atoms with Crippen molar-refractivity contribution in [3.05, 3.63) is 0 Å². The van der Waals surface area contributed by atoms with Crippen LogP contribution in [0.3, 0.4) is 0 Å². The zero-order valence-electron chi connectivity index (χ0n) is 11.2. The predicted octanol–water partition coefficient (Wildman–Crippen LogP) is -2.38. The molecule has 0 N–H and O–H groups in total. The van der Waals surface area contributed by atoms with Gasteiger partial charge < -0.3 is 29.6 Å². The molecule has 0 aliphatic heterocycles. The molecular formula is C10H22CuN2O4. The number of aliphatic carboxylic acids is 2. The zero-order valence-corrected chi connectivity index (χ0v) is 12.2. The molecule has 0 aromatic rings. The van der Waals surface area contributed by atoms with E-state index >= 15 is 0 Å². The van der Waals surface area contributed by atoms with E-state index in [1.54, 1.807) is 0 Å². The van der Waals surface area contributed by atoms with Crippen LogP contribution in [-0.2, 0) is 26.7 Å².